The summed E-state index contributed by atoms with van der Waals surface area (Å²) >= 11 is 0. The van der Waals surface area contributed by atoms with Gasteiger partial charge in [0.1, 0.15) is 12.4 Å². The summed E-state index contributed by atoms with van der Waals surface area (Å²) in [4.78, 5) is 22.9. The lowest BCUT2D eigenvalue weighted by molar-refractivity contribution is -0.307. The molecule has 152 valence electrons. The fourth-order valence-corrected chi connectivity index (χ4v) is 3.19. The third-order valence-corrected chi connectivity index (χ3v) is 4.97. The molecule has 1 N–H and O–H groups in total. The molecule has 0 aromatic heterocycles. The Morgan fingerprint density at radius 1 is 1.17 bits per heavy atom. The van der Waals surface area contributed by atoms with Crippen LogP contribution >= 0.6 is 0 Å². The largest absolute Gasteiger partial charge is 0.546 e. The summed E-state index contributed by atoms with van der Waals surface area (Å²) in [6.07, 6.45) is 2.25. The van der Waals surface area contributed by atoms with Crippen LogP contribution in [0.2, 0.25) is 0 Å². The molecule has 0 bridgehead atoms. The zero-order valence-corrected chi connectivity index (χ0v) is 16.8. The topological polar surface area (TPSA) is 90.8 Å². The summed E-state index contributed by atoms with van der Waals surface area (Å²) in [6.45, 7) is 5.98. The van der Waals surface area contributed by atoms with Gasteiger partial charge in [-0.3, -0.25) is 4.79 Å². The molecule has 0 aliphatic heterocycles. The molecule has 0 radical (unpaired) electrons. The molecule has 1 aliphatic rings. The van der Waals surface area contributed by atoms with Crippen LogP contribution in [0.3, 0.4) is 0 Å². The maximum absolute atomic E-state index is 12.4. The van der Waals surface area contributed by atoms with E-state index in [4.69, 9.17) is 4.74 Å². The predicted octanol–water partition coefficient (Wildman–Crippen LogP) is 2.37. The van der Waals surface area contributed by atoms with Crippen LogP contribution in [0.1, 0.15) is 49.8 Å². The number of carboxylic acid groups (broad SMARTS) is 1. The van der Waals surface area contributed by atoms with Gasteiger partial charge < -0.3 is 14.6 Å². The SMILES string of the molecule is CC(C)(C)c1ccc([C@@H]2C[C@@H]2C(=O)N/N=C/c2ccccc2OCC(=O)[O-])cc1. The Morgan fingerprint density at radius 2 is 1.86 bits per heavy atom. The summed E-state index contributed by atoms with van der Waals surface area (Å²) in [5.41, 5.74) is 5.68. The average molecular weight is 393 g/mol. The highest BCUT2D eigenvalue weighted by atomic mass is 16.5. The van der Waals surface area contributed by atoms with E-state index in [1.807, 2.05) is 0 Å². The van der Waals surface area contributed by atoms with Crippen LogP contribution in [0.4, 0.5) is 0 Å². The summed E-state index contributed by atoms with van der Waals surface area (Å²) < 4.78 is 5.16. The first-order valence-electron chi connectivity index (χ1n) is 9.61. The number of carbonyl (C=O) groups excluding carboxylic acids is 2. The third-order valence-electron chi connectivity index (χ3n) is 4.97. The van der Waals surface area contributed by atoms with Crippen LogP contribution in [0.5, 0.6) is 5.75 Å². The number of carboxylic acids is 1. The molecule has 2 atom stereocenters. The van der Waals surface area contributed by atoms with Crippen molar-refractivity contribution < 1.29 is 19.4 Å². The Labute approximate surface area is 170 Å². The number of ether oxygens (including phenoxy) is 1. The van der Waals surface area contributed by atoms with Crippen molar-refractivity contribution >= 4 is 18.1 Å². The normalized spacial score (nSPS) is 18.4. The Hall–Kier alpha value is -3.15. The van der Waals surface area contributed by atoms with Gasteiger partial charge in [0.25, 0.3) is 0 Å². The van der Waals surface area contributed by atoms with E-state index in [0.29, 0.717) is 11.3 Å². The van der Waals surface area contributed by atoms with Gasteiger partial charge in [-0.15, -0.1) is 0 Å². The number of benzene rings is 2. The van der Waals surface area contributed by atoms with Crippen LogP contribution in [0, 0.1) is 5.92 Å². The first-order chi connectivity index (χ1) is 13.8. The molecule has 0 unspecified atom stereocenters. The Bertz CT molecular complexity index is 913. The first-order valence-corrected chi connectivity index (χ1v) is 9.61. The number of hydrogen-bond donors (Lipinski definition) is 1. The van der Waals surface area contributed by atoms with Crippen molar-refractivity contribution in [1.29, 1.82) is 0 Å². The zero-order chi connectivity index (χ0) is 21.0. The molecule has 0 spiro atoms. The highest BCUT2D eigenvalue weighted by molar-refractivity contribution is 5.87. The fraction of sp³-hybridized carbons (Fsp3) is 0.348. The molecule has 1 fully saturated rings. The van der Waals surface area contributed by atoms with Gasteiger partial charge in [0.05, 0.1) is 12.2 Å². The summed E-state index contributed by atoms with van der Waals surface area (Å²) in [5, 5.41) is 14.6. The number of amides is 1. The minimum Gasteiger partial charge on any atom is -0.546 e. The van der Waals surface area contributed by atoms with E-state index in [2.05, 4.69) is 55.6 Å². The predicted molar refractivity (Wildman–Crippen MR) is 109 cm³/mol. The highest BCUT2D eigenvalue weighted by Gasteiger charge is 2.44. The minimum absolute atomic E-state index is 0.0859. The van der Waals surface area contributed by atoms with Crippen molar-refractivity contribution in [1.82, 2.24) is 5.43 Å². The lowest BCUT2D eigenvalue weighted by atomic mass is 9.86. The minimum atomic E-state index is -1.31. The monoisotopic (exact) mass is 393 g/mol. The lowest BCUT2D eigenvalue weighted by Gasteiger charge is -2.19. The first kappa shape index (κ1) is 20.6. The molecular formula is C23H25N2O4-. The van der Waals surface area contributed by atoms with E-state index in [0.717, 1.165) is 6.42 Å². The van der Waals surface area contributed by atoms with E-state index < -0.39 is 12.6 Å². The molecular weight excluding hydrogens is 368 g/mol. The molecule has 0 saturated heterocycles. The molecule has 1 amide bonds. The van der Waals surface area contributed by atoms with Gasteiger partial charge in [0.2, 0.25) is 5.91 Å². The van der Waals surface area contributed by atoms with Crippen molar-refractivity contribution in [3.05, 3.63) is 65.2 Å². The van der Waals surface area contributed by atoms with E-state index in [1.54, 1.807) is 24.3 Å². The second-order valence-electron chi connectivity index (χ2n) is 8.25. The summed E-state index contributed by atoms with van der Waals surface area (Å²) in [6, 6.07) is 15.3. The van der Waals surface area contributed by atoms with Gasteiger partial charge in [0.15, 0.2) is 0 Å². The number of nitrogens with zero attached hydrogens (tertiary/aromatic N) is 1. The van der Waals surface area contributed by atoms with Crippen molar-refractivity contribution in [2.75, 3.05) is 6.61 Å². The number of para-hydroxylation sites is 1. The molecule has 2 aromatic carbocycles. The highest BCUT2D eigenvalue weighted by Crippen LogP contribution is 2.47. The van der Waals surface area contributed by atoms with Crippen molar-refractivity contribution in [3.63, 3.8) is 0 Å². The summed E-state index contributed by atoms with van der Waals surface area (Å²) in [5.74, 6) is -0.937. The maximum atomic E-state index is 12.4. The standard InChI is InChI=1S/C23H26N2O4/c1-23(2,3)17-10-8-15(9-11-17)18-12-19(18)22(28)25-24-13-16-6-4-5-7-20(16)29-14-21(26)27/h4-11,13,18-19H,12,14H2,1-3H3,(H,25,28)(H,26,27)/p-1/b24-13+/t18-,19-/m0/s1. The van der Waals surface area contributed by atoms with Crippen molar-refractivity contribution in [2.24, 2.45) is 11.0 Å². The number of rotatable bonds is 7. The molecule has 6 heteroatoms. The van der Waals surface area contributed by atoms with E-state index in [9.17, 15) is 14.7 Å². The van der Waals surface area contributed by atoms with Gasteiger partial charge in [-0.1, -0.05) is 57.2 Å². The Balaban J connectivity index is 1.55. The molecule has 3 rings (SSSR count). The van der Waals surface area contributed by atoms with Gasteiger partial charge in [-0.05, 0) is 41.0 Å². The molecule has 2 aromatic rings. The average Bonchev–Trinajstić information content (AvgIpc) is 3.47. The van der Waals surface area contributed by atoms with Crippen LogP contribution < -0.4 is 15.3 Å². The van der Waals surface area contributed by atoms with Gasteiger partial charge >= 0.3 is 0 Å². The number of nitrogens with one attached hydrogen (secondary N) is 1. The van der Waals surface area contributed by atoms with E-state index in [1.165, 1.54) is 17.3 Å². The molecule has 1 saturated carbocycles. The molecule has 1 aliphatic carbocycles. The van der Waals surface area contributed by atoms with Gasteiger partial charge in [0, 0.05) is 11.5 Å². The molecule has 0 heterocycles. The Kier molecular flexibility index (Phi) is 6.01. The van der Waals surface area contributed by atoms with Crippen molar-refractivity contribution in [2.45, 2.75) is 38.5 Å². The number of aliphatic carboxylic acids is 1. The third kappa shape index (κ3) is 5.44. The van der Waals surface area contributed by atoms with E-state index in [-0.39, 0.29) is 23.2 Å². The second kappa shape index (κ2) is 8.47. The molecule has 6 nitrogen and oxygen atoms in total. The van der Waals surface area contributed by atoms with Gasteiger partial charge in [-0.2, -0.15) is 5.10 Å². The fourth-order valence-electron chi connectivity index (χ4n) is 3.19. The van der Waals surface area contributed by atoms with Crippen LogP contribution in [0.25, 0.3) is 0 Å². The van der Waals surface area contributed by atoms with E-state index >= 15 is 0 Å². The lowest BCUT2D eigenvalue weighted by Crippen LogP contribution is -2.29. The summed E-state index contributed by atoms with van der Waals surface area (Å²) in [7, 11) is 0. The molecule has 29 heavy (non-hydrogen) atoms. The second-order valence-corrected chi connectivity index (χ2v) is 8.25. The smallest absolute Gasteiger partial charge is 0.243 e. The van der Waals surface area contributed by atoms with Gasteiger partial charge in [-0.25, -0.2) is 5.43 Å². The number of hydrogen-bond acceptors (Lipinski definition) is 5. The van der Waals surface area contributed by atoms with Crippen LogP contribution in [0.15, 0.2) is 53.6 Å². The zero-order valence-electron chi connectivity index (χ0n) is 16.8. The van der Waals surface area contributed by atoms with Crippen LogP contribution in [-0.2, 0) is 15.0 Å². The maximum Gasteiger partial charge on any atom is 0.243 e. The van der Waals surface area contributed by atoms with Crippen molar-refractivity contribution in [3.8, 4) is 5.75 Å². The quantitative estimate of drug-likeness (QED) is 0.578. The number of hydrazone groups is 1. The number of carbonyl (C=O) groups is 2. The van der Waals surface area contributed by atoms with Crippen LogP contribution in [-0.4, -0.2) is 24.7 Å². The Morgan fingerprint density at radius 3 is 2.52 bits per heavy atom.